The molecule has 1 aromatic heterocycles. The van der Waals surface area contributed by atoms with Crippen molar-refractivity contribution in [2.24, 2.45) is 0 Å². The molecule has 5 heteroatoms. The molecule has 0 saturated heterocycles. The first kappa shape index (κ1) is 16.3. The lowest BCUT2D eigenvalue weighted by Gasteiger charge is -2.25. The zero-order valence-corrected chi connectivity index (χ0v) is 13.6. The fourth-order valence-electron chi connectivity index (χ4n) is 2.23. The van der Waals surface area contributed by atoms with E-state index in [-0.39, 0.29) is 12.3 Å². The van der Waals surface area contributed by atoms with Gasteiger partial charge in [-0.15, -0.1) is 0 Å². The van der Waals surface area contributed by atoms with Crippen LogP contribution in [0.15, 0.2) is 42.6 Å². The van der Waals surface area contributed by atoms with Crippen molar-refractivity contribution >= 4 is 17.5 Å². The Hall–Kier alpha value is -2.07. The topological polar surface area (TPSA) is 51.2 Å². The Kier molecular flexibility index (Phi) is 5.03. The van der Waals surface area contributed by atoms with Gasteiger partial charge in [0.25, 0.3) is 0 Å². The molecule has 0 saturated carbocycles. The van der Waals surface area contributed by atoms with Crippen molar-refractivity contribution in [3.63, 3.8) is 0 Å². The number of pyridine rings is 1. The van der Waals surface area contributed by atoms with E-state index in [0.29, 0.717) is 10.8 Å². The lowest BCUT2D eigenvalue weighted by Crippen LogP contribution is -2.42. The molecule has 2 rings (SSSR count). The Morgan fingerprint density at radius 3 is 2.73 bits per heavy atom. The number of nitrogens with zero attached hydrogens (tertiary/aromatic N) is 1. The number of aromatic nitrogens is 1. The lowest BCUT2D eigenvalue weighted by molar-refractivity contribution is -0.122. The van der Waals surface area contributed by atoms with E-state index in [1.54, 1.807) is 31.5 Å². The molecule has 0 radical (unpaired) electrons. The first-order chi connectivity index (χ1) is 10.4. The predicted molar refractivity (Wildman–Crippen MR) is 87.1 cm³/mol. The van der Waals surface area contributed by atoms with E-state index in [0.717, 1.165) is 11.3 Å². The summed E-state index contributed by atoms with van der Waals surface area (Å²) < 4.78 is 5.27. The molecule has 0 aliphatic carbocycles. The smallest absolute Gasteiger partial charge is 0.225 e. The maximum atomic E-state index is 12.3. The van der Waals surface area contributed by atoms with E-state index in [9.17, 15) is 4.79 Å². The largest absolute Gasteiger partial charge is 0.496 e. The van der Waals surface area contributed by atoms with Gasteiger partial charge in [0.1, 0.15) is 5.75 Å². The molecule has 0 fully saturated rings. The molecule has 1 N–H and O–H groups in total. The Morgan fingerprint density at radius 1 is 1.32 bits per heavy atom. The molecule has 0 bridgehead atoms. The highest BCUT2D eigenvalue weighted by Gasteiger charge is 2.24. The van der Waals surface area contributed by atoms with E-state index in [4.69, 9.17) is 16.3 Å². The molecule has 0 atom stereocenters. The fraction of sp³-hybridized carbons (Fsp3) is 0.294. The first-order valence-electron chi connectivity index (χ1n) is 6.97. The van der Waals surface area contributed by atoms with Gasteiger partial charge in [-0.1, -0.05) is 23.7 Å². The van der Waals surface area contributed by atoms with Crippen LogP contribution in [-0.2, 0) is 16.8 Å². The molecule has 0 spiro atoms. The summed E-state index contributed by atoms with van der Waals surface area (Å²) in [5, 5.41) is 3.58. The van der Waals surface area contributed by atoms with E-state index < -0.39 is 5.54 Å². The minimum Gasteiger partial charge on any atom is -0.496 e. The van der Waals surface area contributed by atoms with E-state index in [1.165, 1.54) is 0 Å². The number of nitrogens with one attached hydrogen (secondary N) is 1. The van der Waals surface area contributed by atoms with Crippen molar-refractivity contribution in [2.45, 2.75) is 25.8 Å². The highest BCUT2D eigenvalue weighted by molar-refractivity contribution is 6.30. The Labute approximate surface area is 135 Å². The molecule has 1 aromatic carbocycles. The number of ether oxygens (including phenoxy) is 1. The van der Waals surface area contributed by atoms with Crippen molar-refractivity contribution in [3.8, 4) is 5.75 Å². The van der Waals surface area contributed by atoms with Crippen LogP contribution in [0.4, 0.5) is 0 Å². The van der Waals surface area contributed by atoms with E-state index >= 15 is 0 Å². The first-order valence-corrected chi connectivity index (χ1v) is 7.35. The van der Waals surface area contributed by atoms with Crippen molar-refractivity contribution < 1.29 is 9.53 Å². The molecular formula is C17H19ClN2O2. The molecule has 116 valence electrons. The quantitative estimate of drug-likeness (QED) is 0.920. The number of hydrogen-bond acceptors (Lipinski definition) is 3. The monoisotopic (exact) mass is 318 g/mol. The SMILES string of the molecule is COc1cc(Cl)ccc1CC(=O)NC(C)(C)c1ccccn1. The van der Waals surface area contributed by atoms with Gasteiger partial charge in [-0.05, 0) is 38.1 Å². The van der Waals surface area contributed by atoms with E-state index in [1.807, 2.05) is 32.0 Å². The molecule has 0 unspecified atom stereocenters. The third kappa shape index (κ3) is 3.98. The second-order valence-electron chi connectivity index (χ2n) is 5.52. The van der Waals surface area contributed by atoms with Gasteiger partial charge >= 0.3 is 0 Å². The molecule has 4 nitrogen and oxygen atoms in total. The van der Waals surface area contributed by atoms with Crippen LogP contribution in [0.2, 0.25) is 5.02 Å². The minimum atomic E-state index is -0.544. The molecule has 22 heavy (non-hydrogen) atoms. The number of carbonyl (C=O) groups excluding carboxylic acids is 1. The van der Waals surface area contributed by atoms with Crippen LogP contribution in [0.25, 0.3) is 0 Å². The second-order valence-corrected chi connectivity index (χ2v) is 5.96. The average Bonchev–Trinajstić information content (AvgIpc) is 2.49. The molecule has 0 aliphatic heterocycles. The molecule has 1 heterocycles. The number of carbonyl (C=O) groups is 1. The fourth-order valence-corrected chi connectivity index (χ4v) is 2.39. The standard InChI is InChI=1S/C17H19ClN2O2/c1-17(2,15-6-4-5-9-19-15)20-16(21)10-12-7-8-13(18)11-14(12)22-3/h4-9,11H,10H2,1-3H3,(H,20,21). The summed E-state index contributed by atoms with van der Waals surface area (Å²) in [7, 11) is 1.56. The normalized spacial score (nSPS) is 11.1. The molecule has 1 amide bonds. The van der Waals surface area contributed by atoms with Crippen molar-refractivity contribution in [2.75, 3.05) is 7.11 Å². The Morgan fingerprint density at radius 2 is 2.09 bits per heavy atom. The maximum absolute atomic E-state index is 12.3. The summed E-state index contributed by atoms with van der Waals surface area (Å²) in [5.74, 6) is 0.509. The van der Waals surface area contributed by atoms with Crippen LogP contribution in [0.3, 0.4) is 0 Å². The average molecular weight is 319 g/mol. The van der Waals surface area contributed by atoms with Gasteiger partial charge in [-0.2, -0.15) is 0 Å². The zero-order chi connectivity index (χ0) is 16.2. The number of amides is 1. The summed E-state index contributed by atoms with van der Waals surface area (Å²) in [6, 6.07) is 10.9. The van der Waals surface area contributed by atoms with Gasteiger partial charge in [0, 0.05) is 16.8 Å². The lowest BCUT2D eigenvalue weighted by atomic mass is 9.99. The van der Waals surface area contributed by atoms with Crippen LogP contribution >= 0.6 is 11.6 Å². The number of halogens is 1. The van der Waals surface area contributed by atoms with Gasteiger partial charge in [0.2, 0.25) is 5.91 Å². The van der Waals surface area contributed by atoms with Gasteiger partial charge in [-0.25, -0.2) is 0 Å². The third-order valence-electron chi connectivity index (χ3n) is 3.36. The summed E-state index contributed by atoms with van der Waals surface area (Å²) >= 11 is 5.93. The van der Waals surface area contributed by atoms with Crippen molar-refractivity contribution in [1.29, 1.82) is 0 Å². The zero-order valence-electron chi connectivity index (χ0n) is 12.9. The predicted octanol–water partition coefficient (Wildman–Crippen LogP) is 3.34. The number of benzene rings is 1. The summed E-state index contributed by atoms with van der Waals surface area (Å²) in [6.07, 6.45) is 1.93. The van der Waals surface area contributed by atoms with E-state index in [2.05, 4.69) is 10.3 Å². The van der Waals surface area contributed by atoms with Gasteiger partial charge in [0.05, 0.1) is 24.8 Å². The minimum absolute atomic E-state index is 0.101. The van der Waals surface area contributed by atoms with Gasteiger partial charge < -0.3 is 10.1 Å². The number of methoxy groups -OCH3 is 1. The Bertz CT molecular complexity index is 657. The highest BCUT2D eigenvalue weighted by atomic mass is 35.5. The Balaban J connectivity index is 2.10. The van der Waals surface area contributed by atoms with Crippen LogP contribution in [-0.4, -0.2) is 18.0 Å². The van der Waals surface area contributed by atoms with Crippen LogP contribution in [0.5, 0.6) is 5.75 Å². The van der Waals surface area contributed by atoms with Crippen molar-refractivity contribution in [3.05, 3.63) is 58.9 Å². The van der Waals surface area contributed by atoms with Crippen LogP contribution < -0.4 is 10.1 Å². The van der Waals surface area contributed by atoms with Gasteiger partial charge in [-0.3, -0.25) is 9.78 Å². The third-order valence-corrected chi connectivity index (χ3v) is 3.59. The molecule has 0 aliphatic rings. The number of hydrogen-bond donors (Lipinski definition) is 1. The summed E-state index contributed by atoms with van der Waals surface area (Å²) in [5.41, 5.74) is 1.06. The highest BCUT2D eigenvalue weighted by Crippen LogP contribution is 2.24. The number of rotatable bonds is 5. The molecular weight excluding hydrogens is 300 g/mol. The summed E-state index contributed by atoms with van der Waals surface area (Å²) in [4.78, 5) is 16.6. The second kappa shape index (κ2) is 6.79. The maximum Gasteiger partial charge on any atom is 0.225 e. The van der Waals surface area contributed by atoms with Crippen LogP contribution in [0.1, 0.15) is 25.1 Å². The summed E-state index contributed by atoms with van der Waals surface area (Å²) in [6.45, 7) is 3.85. The molecule has 2 aromatic rings. The van der Waals surface area contributed by atoms with Gasteiger partial charge in [0.15, 0.2) is 0 Å². The van der Waals surface area contributed by atoms with Crippen molar-refractivity contribution in [1.82, 2.24) is 10.3 Å². The van der Waals surface area contributed by atoms with Crippen LogP contribution in [0, 0.1) is 0 Å².